The standard InChI is InChI=1S/C19H23F3N4O6S/c1-18(2)16(28)26(17(29)24-18)10-15(27)23-13-9-12(33(30,31)25-7-3-4-8-25)5-6-14(13)32-11-19(20,21)22/h5-6,9H,3-4,7-8,10-11H2,1-2H3,(H,23,27)(H,24,29). The number of hydrogen-bond acceptors (Lipinski definition) is 6. The summed E-state index contributed by atoms with van der Waals surface area (Å²) in [5.41, 5.74) is -1.56. The molecule has 0 spiro atoms. The fraction of sp³-hybridized carbons (Fsp3) is 0.526. The van der Waals surface area contributed by atoms with Crippen molar-refractivity contribution >= 4 is 33.6 Å². The van der Waals surface area contributed by atoms with Gasteiger partial charge in [0.2, 0.25) is 15.9 Å². The van der Waals surface area contributed by atoms with E-state index in [1.54, 1.807) is 0 Å². The van der Waals surface area contributed by atoms with Crippen molar-refractivity contribution < 1.29 is 40.7 Å². The number of carbonyl (C=O) groups excluding carboxylic acids is 3. The molecule has 33 heavy (non-hydrogen) atoms. The van der Waals surface area contributed by atoms with Gasteiger partial charge in [0.05, 0.1) is 10.6 Å². The van der Waals surface area contributed by atoms with E-state index in [9.17, 15) is 36.0 Å². The lowest BCUT2D eigenvalue weighted by Crippen LogP contribution is -2.41. The lowest BCUT2D eigenvalue weighted by molar-refractivity contribution is -0.153. The molecule has 0 aliphatic carbocycles. The molecule has 2 aliphatic rings. The van der Waals surface area contributed by atoms with Crippen LogP contribution in [0.5, 0.6) is 5.75 Å². The number of sulfonamides is 1. The van der Waals surface area contributed by atoms with Gasteiger partial charge in [0.15, 0.2) is 6.61 Å². The average Bonchev–Trinajstić information content (AvgIpc) is 3.30. The Morgan fingerprint density at radius 3 is 2.39 bits per heavy atom. The molecule has 2 saturated heterocycles. The number of benzene rings is 1. The van der Waals surface area contributed by atoms with E-state index in [0.717, 1.165) is 18.2 Å². The second-order valence-electron chi connectivity index (χ2n) is 8.17. The van der Waals surface area contributed by atoms with Crippen molar-refractivity contribution in [1.82, 2.24) is 14.5 Å². The van der Waals surface area contributed by atoms with Crippen molar-refractivity contribution in [2.24, 2.45) is 0 Å². The van der Waals surface area contributed by atoms with Crippen LogP contribution in [0.15, 0.2) is 23.1 Å². The maximum absolute atomic E-state index is 12.8. The van der Waals surface area contributed by atoms with Gasteiger partial charge in [-0.3, -0.25) is 14.5 Å². The largest absolute Gasteiger partial charge is 0.482 e. The van der Waals surface area contributed by atoms with Crippen molar-refractivity contribution in [2.45, 2.75) is 43.3 Å². The first kappa shape index (κ1) is 24.8. The number of amides is 4. The third kappa shape index (κ3) is 5.55. The quantitative estimate of drug-likeness (QED) is 0.558. The Balaban J connectivity index is 1.86. The molecule has 0 atom stereocenters. The predicted molar refractivity (Wildman–Crippen MR) is 109 cm³/mol. The summed E-state index contributed by atoms with van der Waals surface area (Å²) < 4.78 is 69.5. The van der Waals surface area contributed by atoms with E-state index in [1.165, 1.54) is 18.2 Å². The first-order valence-corrected chi connectivity index (χ1v) is 11.4. The van der Waals surface area contributed by atoms with Crippen molar-refractivity contribution in [1.29, 1.82) is 0 Å². The number of halogens is 3. The number of nitrogens with one attached hydrogen (secondary N) is 2. The van der Waals surface area contributed by atoms with Crippen LogP contribution in [0.3, 0.4) is 0 Å². The van der Waals surface area contributed by atoms with Gasteiger partial charge in [-0.1, -0.05) is 0 Å². The van der Waals surface area contributed by atoms with Gasteiger partial charge < -0.3 is 15.4 Å². The molecule has 10 nitrogen and oxygen atoms in total. The molecule has 2 aliphatic heterocycles. The van der Waals surface area contributed by atoms with Gasteiger partial charge in [-0.2, -0.15) is 17.5 Å². The van der Waals surface area contributed by atoms with Gasteiger partial charge in [0.25, 0.3) is 5.91 Å². The molecule has 1 aromatic carbocycles. The Morgan fingerprint density at radius 2 is 1.85 bits per heavy atom. The van der Waals surface area contributed by atoms with E-state index < -0.39 is 58.5 Å². The number of imide groups is 1. The van der Waals surface area contributed by atoms with E-state index in [-0.39, 0.29) is 10.6 Å². The number of anilines is 1. The van der Waals surface area contributed by atoms with Crippen molar-refractivity contribution in [3.63, 3.8) is 0 Å². The summed E-state index contributed by atoms with van der Waals surface area (Å²) in [6.07, 6.45) is -3.32. The number of urea groups is 1. The number of nitrogens with zero attached hydrogens (tertiary/aromatic N) is 2. The minimum atomic E-state index is -4.67. The van der Waals surface area contributed by atoms with Crippen LogP contribution in [0.2, 0.25) is 0 Å². The molecule has 4 amide bonds. The summed E-state index contributed by atoms with van der Waals surface area (Å²) in [5, 5.41) is 4.65. The minimum Gasteiger partial charge on any atom is -0.482 e. The lowest BCUT2D eigenvalue weighted by atomic mass is 10.1. The second-order valence-corrected chi connectivity index (χ2v) is 10.1. The van der Waals surface area contributed by atoms with Gasteiger partial charge in [0, 0.05) is 13.1 Å². The van der Waals surface area contributed by atoms with Crippen LogP contribution in [0, 0.1) is 0 Å². The molecule has 0 saturated carbocycles. The molecule has 0 bridgehead atoms. The Morgan fingerprint density at radius 1 is 1.21 bits per heavy atom. The smallest absolute Gasteiger partial charge is 0.422 e. The Labute approximate surface area is 188 Å². The molecular formula is C19H23F3N4O6S. The van der Waals surface area contributed by atoms with Crippen LogP contribution in [0.25, 0.3) is 0 Å². The van der Waals surface area contributed by atoms with Crippen LogP contribution in [-0.2, 0) is 19.6 Å². The second kappa shape index (κ2) is 8.82. The molecule has 2 heterocycles. The zero-order chi connectivity index (χ0) is 24.6. The summed E-state index contributed by atoms with van der Waals surface area (Å²) in [6.45, 7) is 1.10. The fourth-order valence-electron chi connectivity index (χ4n) is 3.43. The summed E-state index contributed by atoms with van der Waals surface area (Å²) in [5.74, 6) is -2.01. The molecule has 3 rings (SSSR count). The molecule has 0 radical (unpaired) electrons. The van der Waals surface area contributed by atoms with Gasteiger partial charge >= 0.3 is 12.2 Å². The zero-order valence-electron chi connectivity index (χ0n) is 17.9. The van der Waals surface area contributed by atoms with Gasteiger partial charge in [-0.05, 0) is 44.9 Å². The highest BCUT2D eigenvalue weighted by Gasteiger charge is 2.45. The predicted octanol–water partition coefficient (Wildman–Crippen LogP) is 1.68. The van der Waals surface area contributed by atoms with Crippen molar-refractivity contribution in [2.75, 3.05) is 31.6 Å². The highest BCUT2D eigenvalue weighted by atomic mass is 32.2. The van der Waals surface area contributed by atoms with Gasteiger partial charge in [0.1, 0.15) is 17.8 Å². The van der Waals surface area contributed by atoms with E-state index in [4.69, 9.17) is 4.74 Å². The first-order chi connectivity index (χ1) is 15.2. The molecule has 182 valence electrons. The van der Waals surface area contributed by atoms with Crippen LogP contribution in [0.1, 0.15) is 26.7 Å². The molecule has 1 aromatic rings. The van der Waals surface area contributed by atoms with Crippen LogP contribution in [0.4, 0.5) is 23.7 Å². The lowest BCUT2D eigenvalue weighted by Gasteiger charge is -2.19. The molecule has 2 fully saturated rings. The third-order valence-electron chi connectivity index (χ3n) is 5.07. The molecule has 2 N–H and O–H groups in total. The zero-order valence-corrected chi connectivity index (χ0v) is 18.7. The van der Waals surface area contributed by atoms with Crippen molar-refractivity contribution in [3.05, 3.63) is 18.2 Å². The van der Waals surface area contributed by atoms with E-state index in [0.29, 0.717) is 30.8 Å². The third-order valence-corrected chi connectivity index (χ3v) is 6.96. The SMILES string of the molecule is CC1(C)NC(=O)N(CC(=O)Nc2cc(S(=O)(=O)N3CCCC3)ccc2OCC(F)(F)F)C1=O. The summed E-state index contributed by atoms with van der Waals surface area (Å²) in [7, 11) is -3.94. The van der Waals surface area contributed by atoms with Crippen LogP contribution in [-0.4, -0.2) is 73.4 Å². The molecule has 14 heteroatoms. The highest BCUT2D eigenvalue weighted by Crippen LogP contribution is 2.31. The summed E-state index contributed by atoms with van der Waals surface area (Å²) in [4.78, 5) is 37.2. The average molecular weight is 492 g/mol. The summed E-state index contributed by atoms with van der Waals surface area (Å²) >= 11 is 0. The van der Waals surface area contributed by atoms with Crippen LogP contribution < -0.4 is 15.4 Å². The number of ether oxygens (including phenoxy) is 1. The normalized spacial score (nSPS) is 19.0. The van der Waals surface area contributed by atoms with E-state index in [1.807, 2.05) is 0 Å². The van der Waals surface area contributed by atoms with Gasteiger partial charge in [-0.25, -0.2) is 13.2 Å². The van der Waals surface area contributed by atoms with Gasteiger partial charge in [-0.15, -0.1) is 0 Å². The molecular weight excluding hydrogens is 469 g/mol. The van der Waals surface area contributed by atoms with E-state index in [2.05, 4.69) is 10.6 Å². The number of carbonyl (C=O) groups is 3. The molecule has 0 unspecified atom stereocenters. The maximum Gasteiger partial charge on any atom is 0.422 e. The topological polar surface area (TPSA) is 125 Å². The number of rotatable bonds is 7. The Hall–Kier alpha value is -2.87. The Bertz CT molecular complexity index is 1070. The number of hydrogen-bond donors (Lipinski definition) is 2. The summed E-state index contributed by atoms with van der Waals surface area (Å²) in [6, 6.07) is 2.29. The monoisotopic (exact) mass is 492 g/mol. The number of alkyl halides is 3. The first-order valence-electron chi connectivity index (χ1n) is 9.98. The maximum atomic E-state index is 12.8. The van der Waals surface area contributed by atoms with Crippen molar-refractivity contribution in [3.8, 4) is 5.75 Å². The van der Waals surface area contributed by atoms with Crippen LogP contribution >= 0.6 is 0 Å². The minimum absolute atomic E-state index is 0.241. The fourth-order valence-corrected chi connectivity index (χ4v) is 4.97. The van der Waals surface area contributed by atoms with E-state index >= 15 is 0 Å². The highest BCUT2D eigenvalue weighted by molar-refractivity contribution is 7.89. The molecule has 0 aromatic heterocycles. The Kier molecular flexibility index (Phi) is 6.62.